The average Bonchev–Trinajstić information content (AvgIpc) is 2.79. The third-order valence-corrected chi connectivity index (χ3v) is 4.95. The second-order valence-electron chi connectivity index (χ2n) is 4.13. The van der Waals surface area contributed by atoms with Crippen LogP contribution in [0, 0.1) is 0 Å². The molecular formula is C11H19N3OS2. The number of nitrogens with zero attached hydrogens (tertiary/aromatic N) is 2. The van der Waals surface area contributed by atoms with Gasteiger partial charge in [0.1, 0.15) is 0 Å². The molecule has 1 aromatic heterocycles. The highest BCUT2D eigenvalue weighted by Gasteiger charge is 2.17. The molecule has 0 bridgehead atoms. The molecule has 2 rings (SSSR count). The van der Waals surface area contributed by atoms with E-state index in [1.165, 1.54) is 0 Å². The predicted octanol–water partition coefficient (Wildman–Crippen LogP) is 1.21. The van der Waals surface area contributed by atoms with Gasteiger partial charge in [0.15, 0.2) is 5.13 Å². The number of thiazole rings is 1. The van der Waals surface area contributed by atoms with Crippen molar-refractivity contribution in [1.29, 1.82) is 0 Å². The average molecular weight is 273 g/mol. The maximum atomic E-state index is 11.3. The third-order valence-electron chi connectivity index (χ3n) is 2.72. The van der Waals surface area contributed by atoms with Crippen LogP contribution in [0.1, 0.15) is 19.0 Å². The number of nitrogens with one attached hydrogen (secondary N) is 1. The van der Waals surface area contributed by atoms with Gasteiger partial charge in [-0.1, -0.05) is 6.92 Å². The summed E-state index contributed by atoms with van der Waals surface area (Å²) in [7, 11) is -0.611. The Bertz CT molecular complexity index is 371. The topological polar surface area (TPSA) is 45.2 Å². The van der Waals surface area contributed by atoms with Gasteiger partial charge in [0.25, 0.3) is 0 Å². The fourth-order valence-electron chi connectivity index (χ4n) is 1.75. The highest BCUT2D eigenvalue weighted by atomic mass is 32.2. The molecule has 96 valence electrons. The maximum Gasteiger partial charge on any atom is 0.185 e. The lowest BCUT2D eigenvalue weighted by Crippen LogP contribution is -2.37. The molecule has 0 unspecified atom stereocenters. The van der Waals surface area contributed by atoms with Gasteiger partial charge in [-0.15, -0.1) is 11.3 Å². The summed E-state index contributed by atoms with van der Waals surface area (Å²) in [4.78, 5) is 6.86. The van der Waals surface area contributed by atoms with E-state index in [9.17, 15) is 4.21 Å². The molecule has 0 amide bonds. The summed E-state index contributed by atoms with van der Waals surface area (Å²) in [5.41, 5.74) is 1.12. The van der Waals surface area contributed by atoms with Crippen LogP contribution in [0.4, 0.5) is 5.13 Å². The van der Waals surface area contributed by atoms with Gasteiger partial charge in [-0.25, -0.2) is 4.98 Å². The van der Waals surface area contributed by atoms with E-state index >= 15 is 0 Å². The molecule has 17 heavy (non-hydrogen) atoms. The van der Waals surface area contributed by atoms with Gasteiger partial charge in [-0.3, -0.25) is 4.21 Å². The van der Waals surface area contributed by atoms with Crippen molar-refractivity contribution in [1.82, 2.24) is 10.3 Å². The van der Waals surface area contributed by atoms with Crippen molar-refractivity contribution in [3.05, 3.63) is 11.1 Å². The summed E-state index contributed by atoms with van der Waals surface area (Å²) >= 11 is 1.69. The molecule has 0 aliphatic carbocycles. The van der Waals surface area contributed by atoms with Crippen LogP contribution in [0.25, 0.3) is 0 Å². The molecule has 0 radical (unpaired) electrons. The normalized spacial score (nSPS) is 17.6. The van der Waals surface area contributed by atoms with E-state index in [1.807, 2.05) is 0 Å². The zero-order chi connectivity index (χ0) is 12.1. The van der Waals surface area contributed by atoms with Crippen LogP contribution in [0.5, 0.6) is 0 Å². The first-order valence-corrected chi connectivity index (χ1v) is 8.41. The first-order chi connectivity index (χ1) is 8.29. The second-order valence-corrected chi connectivity index (χ2v) is 6.67. The summed E-state index contributed by atoms with van der Waals surface area (Å²) in [6, 6.07) is 0. The molecule has 1 saturated heterocycles. The minimum Gasteiger partial charge on any atom is -0.346 e. The SMILES string of the molecule is CCCNCc1csc(N2CCS(=O)CC2)n1. The monoisotopic (exact) mass is 273 g/mol. The summed E-state index contributed by atoms with van der Waals surface area (Å²) < 4.78 is 11.3. The Morgan fingerprint density at radius 2 is 2.29 bits per heavy atom. The fraction of sp³-hybridized carbons (Fsp3) is 0.727. The first-order valence-electron chi connectivity index (χ1n) is 6.04. The van der Waals surface area contributed by atoms with E-state index in [1.54, 1.807) is 11.3 Å². The summed E-state index contributed by atoms with van der Waals surface area (Å²) in [5.74, 6) is 1.56. The van der Waals surface area contributed by atoms with Crippen molar-refractivity contribution in [3.63, 3.8) is 0 Å². The molecule has 1 fully saturated rings. The second kappa shape index (κ2) is 6.47. The van der Waals surface area contributed by atoms with Crippen LogP contribution < -0.4 is 10.2 Å². The summed E-state index contributed by atoms with van der Waals surface area (Å²) in [6.07, 6.45) is 1.15. The highest BCUT2D eigenvalue weighted by molar-refractivity contribution is 7.85. The van der Waals surface area contributed by atoms with E-state index in [2.05, 4.69) is 27.5 Å². The molecule has 4 nitrogen and oxygen atoms in total. The lowest BCUT2D eigenvalue weighted by molar-refractivity contribution is 0.664. The Balaban J connectivity index is 1.87. The van der Waals surface area contributed by atoms with E-state index < -0.39 is 10.8 Å². The smallest absolute Gasteiger partial charge is 0.185 e. The number of hydrogen-bond donors (Lipinski definition) is 1. The van der Waals surface area contributed by atoms with Gasteiger partial charge >= 0.3 is 0 Å². The van der Waals surface area contributed by atoms with Gasteiger partial charge in [0.05, 0.1) is 5.69 Å². The predicted molar refractivity (Wildman–Crippen MR) is 74.2 cm³/mol. The van der Waals surface area contributed by atoms with Crippen molar-refractivity contribution in [2.24, 2.45) is 0 Å². The van der Waals surface area contributed by atoms with Crippen LogP contribution in [-0.4, -0.2) is 40.3 Å². The van der Waals surface area contributed by atoms with Crippen molar-refractivity contribution in [2.75, 3.05) is 36.0 Å². The lowest BCUT2D eigenvalue weighted by Gasteiger charge is -2.25. The molecule has 0 saturated carbocycles. The molecule has 0 atom stereocenters. The largest absolute Gasteiger partial charge is 0.346 e. The van der Waals surface area contributed by atoms with Gasteiger partial charge in [0.2, 0.25) is 0 Å². The van der Waals surface area contributed by atoms with Crippen LogP contribution in [-0.2, 0) is 17.3 Å². The molecule has 6 heteroatoms. The lowest BCUT2D eigenvalue weighted by atomic mass is 10.4. The zero-order valence-corrected chi connectivity index (χ0v) is 11.8. The van der Waals surface area contributed by atoms with Gasteiger partial charge in [0, 0.05) is 47.3 Å². The Kier molecular flexibility index (Phi) is 4.94. The summed E-state index contributed by atoms with van der Waals surface area (Å²) in [6.45, 7) is 5.80. The molecule has 1 aliphatic rings. The Morgan fingerprint density at radius 1 is 1.53 bits per heavy atom. The minimum absolute atomic E-state index is 0.611. The van der Waals surface area contributed by atoms with Crippen molar-refractivity contribution >= 4 is 27.3 Å². The molecular weight excluding hydrogens is 254 g/mol. The van der Waals surface area contributed by atoms with E-state index in [4.69, 9.17) is 0 Å². The summed E-state index contributed by atoms with van der Waals surface area (Å²) in [5, 5.41) is 6.55. The zero-order valence-electron chi connectivity index (χ0n) is 10.1. The maximum absolute atomic E-state index is 11.3. The van der Waals surface area contributed by atoms with Crippen LogP contribution >= 0.6 is 11.3 Å². The molecule has 1 N–H and O–H groups in total. The van der Waals surface area contributed by atoms with Gasteiger partial charge in [-0.2, -0.15) is 0 Å². The van der Waals surface area contributed by atoms with Crippen LogP contribution in [0.2, 0.25) is 0 Å². The van der Waals surface area contributed by atoms with Gasteiger partial charge < -0.3 is 10.2 Å². The van der Waals surface area contributed by atoms with Crippen molar-refractivity contribution < 1.29 is 4.21 Å². The van der Waals surface area contributed by atoms with Crippen LogP contribution in [0.15, 0.2) is 5.38 Å². The Morgan fingerprint density at radius 3 is 3.00 bits per heavy atom. The Labute approximate surface area is 109 Å². The van der Waals surface area contributed by atoms with E-state index in [0.717, 1.165) is 54.9 Å². The van der Waals surface area contributed by atoms with Crippen molar-refractivity contribution in [2.45, 2.75) is 19.9 Å². The number of hydrogen-bond acceptors (Lipinski definition) is 5. The fourth-order valence-corrected chi connectivity index (χ4v) is 3.68. The third kappa shape index (κ3) is 3.76. The van der Waals surface area contributed by atoms with Gasteiger partial charge in [-0.05, 0) is 13.0 Å². The molecule has 0 aromatic carbocycles. The number of anilines is 1. The van der Waals surface area contributed by atoms with E-state index in [0.29, 0.717) is 0 Å². The molecule has 1 aliphatic heterocycles. The number of rotatable bonds is 5. The number of aromatic nitrogens is 1. The molecule has 2 heterocycles. The Hall–Kier alpha value is -0.460. The quantitative estimate of drug-likeness (QED) is 0.819. The standard InChI is InChI=1S/C11H19N3OS2/c1-2-3-12-8-10-9-16-11(13-10)14-4-6-17(15)7-5-14/h9,12H,2-8H2,1H3. The first kappa shape index (κ1) is 13.0. The highest BCUT2D eigenvalue weighted by Crippen LogP contribution is 2.21. The van der Waals surface area contributed by atoms with E-state index in [-0.39, 0.29) is 0 Å². The molecule has 0 spiro atoms. The molecule has 1 aromatic rings. The van der Waals surface area contributed by atoms with Crippen molar-refractivity contribution in [3.8, 4) is 0 Å². The minimum atomic E-state index is -0.611. The van der Waals surface area contributed by atoms with Crippen LogP contribution in [0.3, 0.4) is 0 Å².